The molecule has 0 aromatic heterocycles. The molecule has 1 aliphatic rings. The van der Waals surface area contributed by atoms with Crippen LogP contribution < -0.4 is 10.2 Å². The van der Waals surface area contributed by atoms with Gasteiger partial charge < -0.3 is 10.2 Å². The zero-order valence-corrected chi connectivity index (χ0v) is 11.9. The van der Waals surface area contributed by atoms with Gasteiger partial charge in [-0.05, 0) is 39.2 Å². The van der Waals surface area contributed by atoms with Crippen LogP contribution in [-0.2, 0) is 0 Å². The predicted molar refractivity (Wildman–Crippen MR) is 78.3 cm³/mol. The van der Waals surface area contributed by atoms with Crippen molar-refractivity contribution in [2.75, 3.05) is 38.6 Å². The van der Waals surface area contributed by atoms with Gasteiger partial charge in [-0.2, -0.15) is 5.26 Å². The Morgan fingerprint density at radius 3 is 2.89 bits per heavy atom. The number of benzene rings is 1. The summed E-state index contributed by atoms with van der Waals surface area (Å²) in [7, 11) is 4.16. The molecule has 0 saturated carbocycles. The molecular formula is C15H22N4. The molecule has 1 fully saturated rings. The Morgan fingerprint density at radius 1 is 1.42 bits per heavy atom. The first-order chi connectivity index (χ1) is 9.15. The van der Waals surface area contributed by atoms with Gasteiger partial charge in [0.05, 0.1) is 17.7 Å². The summed E-state index contributed by atoms with van der Waals surface area (Å²) in [6.07, 6.45) is 0. The van der Waals surface area contributed by atoms with Crippen LogP contribution in [0.25, 0.3) is 0 Å². The minimum atomic E-state index is 0.445. The van der Waals surface area contributed by atoms with E-state index in [1.165, 1.54) is 0 Å². The van der Waals surface area contributed by atoms with E-state index in [0.29, 0.717) is 12.1 Å². The fourth-order valence-electron chi connectivity index (χ4n) is 2.66. The predicted octanol–water partition coefficient (Wildman–Crippen LogP) is 1.29. The summed E-state index contributed by atoms with van der Waals surface area (Å²) in [4.78, 5) is 4.81. The molecule has 2 atom stereocenters. The second-order valence-corrected chi connectivity index (χ2v) is 5.31. The monoisotopic (exact) mass is 258 g/mol. The van der Waals surface area contributed by atoms with Gasteiger partial charge in [0.25, 0.3) is 0 Å². The lowest BCUT2D eigenvalue weighted by Crippen LogP contribution is -2.58. The molecule has 4 heteroatoms. The summed E-state index contributed by atoms with van der Waals surface area (Å²) < 4.78 is 0. The maximum absolute atomic E-state index is 9.03. The summed E-state index contributed by atoms with van der Waals surface area (Å²) in [6.45, 7) is 5.24. The molecule has 0 aliphatic carbocycles. The molecule has 1 heterocycles. The minimum absolute atomic E-state index is 0.445. The lowest BCUT2D eigenvalue weighted by molar-refractivity contribution is 0.199. The van der Waals surface area contributed by atoms with E-state index in [1.807, 2.05) is 25.2 Å². The van der Waals surface area contributed by atoms with Crippen molar-refractivity contribution in [3.05, 3.63) is 29.8 Å². The SMILES string of the molecule is CNCC1CN(C)C(C)CN1c1cccc(C#N)c1. The van der Waals surface area contributed by atoms with Crippen LogP contribution in [0.15, 0.2) is 24.3 Å². The molecule has 1 N–H and O–H groups in total. The van der Waals surface area contributed by atoms with Gasteiger partial charge in [-0.1, -0.05) is 6.07 Å². The van der Waals surface area contributed by atoms with E-state index in [2.05, 4.69) is 41.2 Å². The first kappa shape index (κ1) is 13.9. The molecule has 2 rings (SSSR count). The Balaban J connectivity index is 2.25. The maximum Gasteiger partial charge on any atom is 0.0992 e. The first-order valence-corrected chi connectivity index (χ1v) is 6.77. The van der Waals surface area contributed by atoms with Gasteiger partial charge in [0, 0.05) is 31.4 Å². The van der Waals surface area contributed by atoms with Crippen LogP contribution in [0.5, 0.6) is 0 Å². The second kappa shape index (κ2) is 6.05. The van der Waals surface area contributed by atoms with Crippen LogP contribution in [-0.4, -0.2) is 50.7 Å². The Morgan fingerprint density at radius 2 is 2.21 bits per heavy atom. The molecule has 1 aromatic carbocycles. The number of anilines is 1. The molecule has 0 amide bonds. The topological polar surface area (TPSA) is 42.3 Å². The Labute approximate surface area is 115 Å². The highest BCUT2D eigenvalue weighted by Gasteiger charge is 2.29. The van der Waals surface area contributed by atoms with Crippen molar-refractivity contribution in [2.45, 2.75) is 19.0 Å². The normalized spacial score (nSPS) is 24.2. The molecule has 1 saturated heterocycles. The van der Waals surface area contributed by atoms with Crippen molar-refractivity contribution < 1.29 is 0 Å². The molecule has 0 radical (unpaired) electrons. The molecule has 0 spiro atoms. The number of rotatable bonds is 3. The summed E-state index contributed by atoms with van der Waals surface area (Å²) >= 11 is 0. The molecular weight excluding hydrogens is 236 g/mol. The number of piperazine rings is 1. The van der Waals surface area contributed by atoms with Gasteiger partial charge >= 0.3 is 0 Å². The second-order valence-electron chi connectivity index (χ2n) is 5.31. The van der Waals surface area contributed by atoms with Crippen molar-refractivity contribution in [1.29, 1.82) is 5.26 Å². The summed E-state index contributed by atoms with van der Waals surface area (Å²) in [5.74, 6) is 0. The van der Waals surface area contributed by atoms with E-state index in [1.54, 1.807) is 0 Å². The summed E-state index contributed by atoms with van der Waals surface area (Å²) in [5, 5.41) is 12.3. The lowest BCUT2D eigenvalue weighted by atomic mass is 10.1. The van der Waals surface area contributed by atoms with Crippen molar-refractivity contribution in [3.8, 4) is 6.07 Å². The number of likely N-dealkylation sites (N-methyl/N-ethyl adjacent to an activating group) is 2. The fraction of sp³-hybridized carbons (Fsp3) is 0.533. The average molecular weight is 258 g/mol. The van der Waals surface area contributed by atoms with Crippen molar-refractivity contribution in [3.63, 3.8) is 0 Å². The number of hydrogen-bond donors (Lipinski definition) is 1. The van der Waals surface area contributed by atoms with Gasteiger partial charge in [0.2, 0.25) is 0 Å². The van der Waals surface area contributed by atoms with Crippen molar-refractivity contribution in [2.24, 2.45) is 0 Å². The fourth-order valence-corrected chi connectivity index (χ4v) is 2.66. The van der Waals surface area contributed by atoms with E-state index in [9.17, 15) is 0 Å². The summed E-state index contributed by atoms with van der Waals surface area (Å²) in [5.41, 5.74) is 1.88. The Hall–Kier alpha value is -1.57. The zero-order valence-electron chi connectivity index (χ0n) is 11.9. The molecule has 4 nitrogen and oxygen atoms in total. The van der Waals surface area contributed by atoms with Crippen molar-refractivity contribution >= 4 is 5.69 Å². The first-order valence-electron chi connectivity index (χ1n) is 6.77. The zero-order chi connectivity index (χ0) is 13.8. The third-order valence-electron chi connectivity index (χ3n) is 3.90. The lowest BCUT2D eigenvalue weighted by Gasteiger charge is -2.45. The van der Waals surface area contributed by atoms with Crippen LogP contribution in [0.3, 0.4) is 0 Å². The standard InChI is InChI=1S/C15H22N4/c1-12-10-19(15(9-17-2)11-18(12)3)14-6-4-5-13(7-14)8-16/h4-7,12,15,17H,9-11H2,1-3H3. The van der Waals surface area contributed by atoms with E-state index < -0.39 is 0 Å². The van der Waals surface area contributed by atoms with Gasteiger partial charge in [-0.15, -0.1) is 0 Å². The summed E-state index contributed by atoms with van der Waals surface area (Å²) in [6, 6.07) is 11.1. The third-order valence-corrected chi connectivity index (χ3v) is 3.90. The van der Waals surface area contributed by atoms with Crippen LogP contribution in [0.4, 0.5) is 5.69 Å². The smallest absolute Gasteiger partial charge is 0.0992 e. The number of nitrogens with one attached hydrogen (secondary N) is 1. The Kier molecular flexibility index (Phi) is 4.41. The Bertz CT molecular complexity index is 465. The highest BCUT2D eigenvalue weighted by atomic mass is 15.3. The third kappa shape index (κ3) is 3.06. The maximum atomic E-state index is 9.03. The van der Waals surface area contributed by atoms with Gasteiger partial charge in [0.15, 0.2) is 0 Å². The van der Waals surface area contributed by atoms with E-state index in [-0.39, 0.29) is 0 Å². The molecule has 1 aromatic rings. The molecule has 0 bridgehead atoms. The molecule has 102 valence electrons. The molecule has 1 aliphatic heterocycles. The van der Waals surface area contributed by atoms with Crippen LogP contribution in [0.2, 0.25) is 0 Å². The van der Waals surface area contributed by atoms with E-state index in [0.717, 1.165) is 30.9 Å². The van der Waals surface area contributed by atoms with Gasteiger partial charge in [-0.25, -0.2) is 0 Å². The van der Waals surface area contributed by atoms with E-state index in [4.69, 9.17) is 5.26 Å². The molecule has 19 heavy (non-hydrogen) atoms. The van der Waals surface area contributed by atoms with Gasteiger partial charge in [0.1, 0.15) is 0 Å². The number of nitriles is 1. The van der Waals surface area contributed by atoms with Crippen LogP contribution >= 0.6 is 0 Å². The quantitative estimate of drug-likeness (QED) is 0.887. The van der Waals surface area contributed by atoms with E-state index >= 15 is 0 Å². The average Bonchev–Trinajstić information content (AvgIpc) is 2.43. The van der Waals surface area contributed by atoms with Crippen LogP contribution in [0, 0.1) is 11.3 Å². The number of hydrogen-bond acceptors (Lipinski definition) is 4. The largest absolute Gasteiger partial charge is 0.364 e. The number of nitrogens with zero attached hydrogens (tertiary/aromatic N) is 3. The van der Waals surface area contributed by atoms with Crippen LogP contribution in [0.1, 0.15) is 12.5 Å². The van der Waals surface area contributed by atoms with Gasteiger partial charge in [-0.3, -0.25) is 4.90 Å². The highest BCUT2D eigenvalue weighted by molar-refractivity contribution is 5.53. The minimum Gasteiger partial charge on any atom is -0.364 e. The highest BCUT2D eigenvalue weighted by Crippen LogP contribution is 2.23. The molecule has 2 unspecified atom stereocenters. The van der Waals surface area contributed by atoms with Crippen molar-refractivity contribution in [1.82, 2.24) is 10.2 Å².